The third-order valence-electron chi connectivity index (χ3n) is 3.20. The molecule has 1 aromatic carbocycles. The molecular formula is C14H13N3O. The van der Waals surface area contributed by atoms with Gasteiger partial charge in [0.1, 0.15) is 0 Å². The lowest BCUT2D eigenvalue weighted by Gasteiger charge is -2.07. The van der Waals surface area contributed by atoms with Crippen molar-refractivity contribution in [3.8, 4) is 0 Å². The third-order valence-corrected chi connectivity index (χ3v) is 3.20. The van der Waals surface area contributed by atoms with Crippen LogP contribution in [0.2, 0.25) is 0 Å². The molecule has 0 amide bonds. The first-order valence-corrected chi connectivity index (χ1v) is 5.78. The summed E-state index contributed by atoms with van der Waals surface area (Å²) in [7, 11) is 1.97. The number of hydrogen-bond acceptors (Lipinski definition) is 2. The Morgan fingerprint density at radius 2 is 2.22 bits per heavy atom. The first-order chi connectivity index (χ1) is 8.79. The third kappa shape index (κ3) is 1.62. The number of fused-ring (bicyclic) bond motifs is 1. The summed E-state index contributed by atoms with van der Waals surface area (Å²) in [4.78, 5) is 15.2. The van der Waals surface area contributed by atoms with Gasteiger partial charge in [-0.05, 0) is 12.1 Å². The molecule has 0 saturated carbocycles. The molecule has 4 heteroatoms. The summed E-state index contributed by atoms with van der Waals surface area (Å²) in [5, 5.41) is 1.08. The van der Waals surface area contributed by atoms with Gasteiger partial charge < -0.3 is 9.13 Å². The fraction of sp³-hybridized carbons (Fsp3) is 0.143. The van der Waals surface area contributed by atoms with Gasteiger partial charge in [-0.3, -0.25) is 4.79 Å². The summed E-state index contributed by atoms with van der Waals surface area (Å²) >= 11 is 0. The summed E-state index contributed by atoms with van der Waals surface area (Å²) in [6.07, 6.45) is 6.53. The number of rotatable bonds is 3. The summed E-state index contributed by atoms with van der Waals surface area (Å²) in [6, 6.07) is 7.79. The number of hydrogen-bond donors (Lipinski definition) is 0. The van der Waals surface area contributed by atoms with Crippen molar-refractivity contribution in [2.24, 2.45) is 7.05 Å². The predicted molar refractivity (Wildman–Crippen MR) is 69.6 cm³/mol. The van der Waals surface area contributed by atoms with Crippen molar-refractivity contribution >= 4 is 17.2 Å². The highest BCUT2D eigenvalue weighted by molar-refractivity contribution is 5.96. The number of aldehydes is 1. The van der Waals surface area contributed by atoms with Gasteiger partial charge >= 0.3 is 0 Å². The molecule has 2 heterocycles. The standard InChI is InChI=1S/C14H13N3O/c1-16-10-15-7-13(16)8-17-6-5-11-3-2-4-12(9-18)14(11)17/h2-7,9-10H,8H2,1H3. The van der Waals surface area contributed by atoms with Gasteiger partial charge in [0, 0.05) is 30.4 Å². The second-order valence-electron chi connectivity index (χ2n) is 4.34. The van der Waals surface area contributed by atoms with Gasteiger partial charge in [-0.25, -0.2) is 4.98 Å². The van der Waals surface area contributed by atoms with Crippen molar-refractivity contribution in [1.82, 2.24) is 14.1 Å². The molecule has 90 valence electrons. The summed E-state index contributed by atoms with van der Waals surface area (Å²) in [5.74, 6) is 0. The SMILES string of the molecule is Cn1cncc1Cn1ccc2cccc(C=O)c21. The Hall–Kier alpha value is -2.36. The minimum absolute atomic E-state index is 0.713. The van der Waals surface area contributed by atoms with Gasteiger partial charge in [-0.2, -0.15) is 0 Å². The summed E-state index contributed by atoms with van der Waals surface area (Å²) in [6.45, 7) is 0.713. The quantitative estimate of drug-likeness (QED) is 0.657. The van der Waals surface area contributed by atoms with E-state index in [-0.39, 0.29) is 0 Å². The molecule has 2 aromatic heterocycles. The molecule has 3 rings (SSSR count). The number of benzene rings is 1. The van der Waals surface area contributed by atoms with Gasteiger partial charge in [-0.15, -0.1) is 0 Å². The molecule has 3 aromatic rings. The first-order valence-electron chi connectivity index (χ1n) is 5.78. The highest BCUT2D eigenvalue weighted by Gasteiger charge is 2.07. The predicted octanol–water partition coefficient (Wildman–Crippen LogP) is 2.24. The van der Waals surface area contributed by atoms with Crippen molar-refractivity contribution < 1.29 is 4.79 Å². The zero-order chi connectivity index (χ0) is 12.5. The molecule has 18 heavy (non-hydrogen) atoms. The molecule has 0 spiro atoms. The normalized spacial score (nSPS) is 10.9. The Morgan fingerprint density at radius 1 is 1.33 bits per heavy atom. The maximum Gasteiger partial charge on any atom is 0.152 e. The molecule has 0 aliphatic rings. The molecule has 0 N–H and O–H groups in total. The molecule has 4 nitrogen and oxygen atoms in total. The lowest BCUT2D eigenvalue weighted by molar-refractivity contribution is 0.112. The fourth-order valence-electron chi connectivity index (χ4n) is 2.23. The van der Waals surface area contributed by atoms with Gasteiger partial charge in [0.25, 0.3) is 0 Å². The highest BCUT2D eigenvalue weighted by atomic mass is 16.1. The minimum Gasteiger partial charge on any atom is -0.341 e. The van der Waals surface area contributed by atoms with Crippen LogP contribution in [0.25, 0.3) is 10.9 Å². The van der Waals surface area contributed by atoms with E-state index in [9.17, 15) is 4.79 Å². The second kappa shape index (κ2) is 4.14. The van der Waals surface area contributed by atoms with Crippen molar-refractivity contribution in [2.75, 3.05) is 0 Å². The van der Waals surface area contributed by atoms with E-state index in [2.05, 4.69) is 9.55 Å². The number of carbonyl (C=O) groups is 1. The molecule has 0 aliphatic carbocycles. The maximum absolute atomic E-state index is 11.1. The molecular weight excluding hydrogens is 226 g/mol. The Morgan fingerprint density at radius 3 is 2.94 bits per heavy atom. The average Bonchev–Trinajstić information content (AvgIpc) is 2.97. The molecule has 0 bridgehead atoms. The molecule has 0 unspecified atom stereocenters. The van der Waals surface area contributed by atoms with E-state index < -0.39 is 0 Å². The van der Waals surface area contributed by atoms with Crippen molar-refractivity contribution in [3.63, 3.8) is 0 Å². The number of nitrogens with zero attached hydrogens (tertiary/aromatic N) is 3. The summed E-state index contributed by atoms with van der Waals surface area (Å²) < 4.78 is 4.06. The van der Waals surface area contributed by atoms with E-state index in [4.69, 9.17) is 0 Å². The van der Waals surface area contributed by atoms with Gasteiger partial charge in [0.05, 0.1) is 24.1 Å². The Kier molecular flexibility index (Phi) is 2.48. The molecule has 0 saturated heterocycles. The topological polar surface area (TPSA) is 39.8 Å². The largest absolute Gasteiger partial charge is 0.341 e. The fourth-order valence-corrected chi connectivity index (χ4v) is 2.23. The van der Waals surface area contributed by atoms with E-state index >= 15 is 0 Å². The van der Waals surface area contributed by atoms with Crippen LogP contribution >= 0.6 is 0 Å². The number of imidazole rings is 1. The smallest absolute Gasteiger partial charge is 0.152 e. The van der Waals surface area contributed by atoms with Crippen molar-refractivity contribution in [3.05, 3.63) is 54.2 Å². The first kappa shape index (κ1) is 10.8. The van der Waals surface area contributed by atoms with Crippen LogP contribution in [0.15, 0.2) is 43.0 Å². The molecule has 0 radical (unpaired) electrons. The Balaban J connectivity index is 2.12. The number of para-hydroxylation sites is 1. The van der Waals surface area contributed by atoms with Crippen LogP contribution in [0, 0.1) is 0 Å². The van der Waals surface area contributed by atoms with Crippen LogP contribution in [0.1, 0.15) is 16.1 Å². The zero-order valence-electron chi connectivity index (χ0n) is 10.1. The number of aromatic nitrogens is 3. The summed E-state index contributed by atoms with van der Waals surface area (Å²) in [5.41, 5.74) is 2.81. The van der Waals surface area contributed by atoms with E-state index in [1.165, 1.54) is 0 Å². The lowest BCUT2D eigenvalue weighted by atomic mass is 10.1. The Bertz CT molecular complexity index is 709. The average molecular weight is 239 g/mol. The van der Waals surface area contributed by atoms with Crippen LogP contribution < -0.4 is 0 Å². The van der Waals surface area contributed by atoms with Crippen molar-refractivity contribution in [1.29, 1.82) is 0 Å². The van der Waals surface area contributed by atoms with Gasteiger partial charge in [0.2, 0.25) is 0 Å². The number of aryl methyl sites for hydroxylation is 1. The monoisotopic (exact) mass is 239 g/mol. The van der Waals surface area contributed by atoms with Crippen LogP contribution in [-0.4, -0.2) is 20.4 Å². The van der Waals surface area contributed by atoms with E-state index in [0.29, 0.717) is 6.54 Å². The van der Waals surface area contributed by atoms with Gasteiger partial charge in [0.15, 0.2) is 6.29 Å². The van der Waals surface area contributed by atoms with E-state index in [1.807, 2.05) is 48.3 Å². The maximum atomic E-state index is 11.1. The lowest BCUT2D eigenvalue weighted by Crippen LogP contribution is -2.04. The zero-order valence-corrected chi connectivity index (χ0v) is 10.1. The van der Waals surface area contributed by atoms with E-state index in [0.717, 1.165) is 28.4 Å². The number of carbonyl (C=O) groups excluding carboxylic acids is 1. The van der Waals surface area contributed by atoms with Crippen molar-refractivity contribution in [2.45, 2.75) is 6.54 Å². The van der Waals surface area contributed by atoms with Crippen LogP contribution in [-0.2, 0) is 13.6 Å². The molecule has 0 aliphatic heterocycles. The Labute approximate surface area is 104 Å². The second-order valence-corrected chi connectivity index (χ2v) is 4.34. The van der Waals surface area contributed by atoms with Crippen LogP contribution in [0.3, 0.4) is 0 Å². The van der Waals surface area contributed by atoms with Crippen LogP contribution in [0.5, 0.6) is 0 Å². The van der Waals surface area contributed by atoms with E-state index in [1.54, 1.807) is 6.33 Å². The molecule has 0 fully saturated rings. The van der Waals surface area contributed by atoms with Gasteiger partial charge in [-0.1, -0.05) is 12.1 Å². The van der Waals surface area contributed by atoms with Crippen LogP contribution in [0.4, 0.5) is 0 Å². The minimum atomic E-state index is 0.713. The molecule has 0 atom stereocenters. The highest BCUT2D eigenvalue weighted by Crippen LogP contribution is 2.20.